The Kier molecular flexibility index (Phi) is 3.11. The van der Waals surface area contributed by atoms with Crippen molar-refractivity contribution < 1.29 is 14.9 Å². The lowest BCUT2D eigenvalue weighted by Gasteiger charge is -2.12. The van der Waals surface area contributed by atoms with Gasteiger partial charge in [0, 0.05) is 5.56 Å². The Morgan fingerprint density at radius 2 is 2.23 bits per heavy atom. The van der Waals surface area contributed by atoms with Crippen LogP contribution in [0.1, 0.15) is 11.6 Å². The van der Waals surface area contributed by atoms with Gasteiger partial charge in [-0.15, -0.1) is 0 Å². The molecule has 0 heterocycles. The van der Waals surface area contributed by atoms with Crippen LogP contribution >= 0.6 is 0 Å². The molecule has 0 bridgehead atoms. The SMILES string of the molecule is COc1cccc([C@H](N)CO)c1O. The monoisotopic (exact) mass is 183 g/mol. The second kappa shape index (κ2) is 4.11. The fourth-order valence-electron chi connectivity index (χ4n) is 1.10. The molecule has 4 N–H and O–H groups in total. The molecule has 0 aromatic heterocycles. The summed E-state index contributed by atoms with van der Waals surface area (Å²) in [5.41, 5.74) is 6.04. The third-order valence-electron chi connectivity index (χ3n) is 1.85. The van der Waals surface area contributed by atoms with Crippen molar-refractivity contribution in [1.82, 2.24) is 0 Å². The first-order valence-electron chi connectivity index (χ1n) is 3.93. The van der Waals surface area contributed by atoms with Crippen LogP contribution in [0.5, 0.6) is 11.5 Å². The molecule has 0 spiro atoms. The second-order valence-electron chi connectivity index (χ2n) is 2.69. The summed E-state index contributed by atoms with van der Waals surface area (Å²) in [6, 6.07) is 4.42. The maximum atomic E-state index is 9.57. The summed E-state index contributed by atoms with van der Waals surface area (Å²) in [7, 11) is 1.46. The van der Waals surface area contributed by atoms with Crippen molar-refractivity contribution in [3.05, 3.63) is 23.8 Å². The summed E-state index contributed by atoms with van der Waals surface area (Å²) in [4.78, 5) is 0. The van der Waals surface area contributed by atoms with Crippen molar-refractivity contribution in [3.8, 4) is 11.5 Å². The molecule has 0 unspecified atom stereocenters. The highest BCUT2D eigenvalue weighted by Gasteiger charge is 2.12. The van der Waals surface area contributed by atoms with Crippen LogP contribution in [0.25, 0.3) is 0 Å². The molecule has 0 aliphatic carbocycles. The highest BCUT2D eigenvalue weighted by atomic mass is 16.5. The normalized spacial score (nSPS) is 12.5. The molecular formula is C9H13NO3. The van der Waals surface area contributed by atoms with E-state index in [0.717, 1.165) is 0 Å². The highest BCUT2D eigenvalue weighted by Crippen LogP contribution is 2.32. The predicted molar refractivity (Wildman–Crippen MR) is 48.7 cm³/mol. The number of phenols is 1. The van der Waals surface area contributed by atoms with E-state index >= 15 is 0 Å². The predicted octanol–water partition coefficient (Wildman–Crippen LogP) is 0.393. The summed E-state index contributed by atoms with van der Waals surface area (Å²) in [5.74, 6) is 0.355. The molecule has 0 amide bonds. The average molecular weight is 183 g/mol. The topological polar surface area (TPSA) is 75.7 Å². The van der Waals surface area contributed by atoms with Gasteiger partial charge in [0.15, 0.2) is 11.5 Å². The van der Waals surface area contributed by atoms with Crippen LogP contribution in [0.15, 0.2) is 18.2 Å². The van der Waals surface area contributed by atoms with Crippen LogP contribution in [0, 0.1) is 0 Å². The number of para-hydroxylation sites is 1. The molecular weight excluding hydrogens is 170 g/mol. The molecule has 0 aliphatic heterocycles. The minimum absolute atomic E-state index is 0.00782. The number of benzene rings is 1. The van der Waals surface area contributed by atoms with Crippen molar-refractivity contribution in [2.45, 2.75) is 6.04 Å². The minimum Gasteiger partial charge on any atom is -0.504 e. The Hall–Kier alpha value is -1.26. The number of hydrogen-bond donors (Lipinski definition) is 3. The third kappa shape index (κ3) is 1.91. The number of hydrogen-bond acceptors (Lipinski definition) is 4. The van der Waals surface area contributed by atoms with E-state index < -0.39 is 6.04 Å². The van der Waals surface area contributed by atoms with Crippen LogP contribution in [0.3, 0.4) is 0 Å². The van der Waals surface area contributed by atoms with Gasteiger partial charge in [-0.25, -0.2) is 0 Å². The van der Waals surface area contributed by atoms with Crippen LogP contribution < -0.4 is 10.5 Å². The molecule has 72 valence electrons. The smallest absolute Gasteiger partial charge is 0.162 e. The van der Waals surface area contributed by atoms with E-state index in [1.807, 2.05) is 0 Å². The van der Waals surface area contributed by atoms with Gasteiger partial charge in [-0.05, 0) is 6.07 Å². The van der Waals surface area contributed by atoms with Gasteiger partial charge in [0.05, 0.1) is 19.8 Å². The van der Waals surface area contributed by atoms with Gasteiger partial charge in [0.25, 0.3) is 0 Å². The van der Waals surface area contributed by atoms with E-state index in [-0.39, 0.29) is 12.4 Å². The number of phenolic OH excluding ortho intramolecular Hbond substituents is 1. The zero-order valence-electron chi connectivity index (χ0n) is 7.40. The molecule has 0 radical (unpaired) electrons. The number of aromatic hydroxyl groups is 1. The van der Waals surface area contributed by atoms with E-state index in [9.17, 15) is 5.11 Å². The Balaban J connectivity index is 3.08. The van der Waals surface area contributed by atoms with Gasteiger partial charge >= 0.3 is 0 Å². The number of aliphatic hydroxyl groups excluding tert-OH is 1. The summed E-state index contributed by atoms with van der Waals surface area (Å²) < 4.78 is 4.89. The van der Waals surface area contributed by atoms with Gasteiger partial charge in [-0.3, -0.25) is 0 Å². The van der Waals surface area contributed by atoms with E-state index in [0.29, 0.717) is 11.3 Å². The Morgan fingerprint density at radius 3 is 2.77 bits per heavy atom. The van der Waals surface area contributed by atoms with Gasteiger partial charge in [0.2, 0.25) is 0 Å². The molecule has 0 saturated carbocycles. The van der Waals surface area contributed by atoms with E-state index in [1.54, 1.807) is 18.2 Å². The van der Waals surface area contributed by atoms with Crippen molar-refractivity contribution in [2.75, 3.05) is 13.7 Å². The number of nitrogens with two attached hydrogens (primary N) is 1. The molecule has 0 saturated heterocycles. The number of rotatable bonds is 3. The first-order valence-corrected chi connectivity index (χ1v) is 3.93. The minimum atomic E-state index is -0.574. The maximum absolute atomic E-state index is 9.57. The Bertz CT molecular complexity index is 288. The maximum Gasteiger partial charge on any atom is 0.162 e. The lowest BCUT2D eigenvalue weighted by Crippen LogP contribution is -2.14. The molecule has 0 aliphatic rings. The van der Waals surface area contributed by atoms with Crippen LogP contribution in [-0.4, -0.2) is 23.9 Å². The van der Waals surface area contributed by atoms with Crippen molar-refractivity contribution in [2.24, 2.45) is 5.73 Å². The lowest BCUT2D eigenvalue weighted by atomic mass is 10.1. The van der Waals surface area contributed by atoms with Crippen LogP contribution in [-0.2, 0) is 0 Å². The first kappa shape index (κ1) is 9.83. The van der Waals surface area contributed by atoms with Crippen LogP contribution in [0.4, 0.5) is 0 Å². The summed E-state index contributed by atoms with van der Waals surface area (Å²) in [6.45, 7) is -0.208. The highest BCUT2D eigenvalue weighted by molar-refractivity contribution is 5.46. The Labute approximate surface area is 76.6 Å². The van der Waals surface area contributed by atoms with Crippen LogP contribution in [0.2, 0.25) is 0 Å². The molecule has 13 heavy (non-hydrogen) atoms. The number of methoxy groups -OCH3 is 1. The number of ether oxygens (including phenoxy) is 1. The zero-order valence-corrected chi connectivity index (χ0v) is 7.40. The fourth-order valence-corrected chi connectivity index (χ4v) is 1.10. The molecule has 1 aromatic carbocycles. The van der Waals surface area contributed by atoms with Crippen molar-refractivity contribution in [3.63, 3.8) is 0 Å². The van der Waals surface area contributed by atoms with Crippen molar-refractivity contribution in [1.29, 1.82) is 0 Å². The third-order valence-corrected chi connectivity index (χ3v) is 1.85. The van der Waals surface area contributed by atoms with Gasteiger partial charge in [-0.1, -0.05) is 12.1 Å². The summed E-state index contributed by atoms with van der Waals surface area (Å²) in [6.07, 6.45) is 0. The second-order valence-corrected chi connectivity index (χ2v) is 2.69. The van der Waals surface area contributed by atoms with E-state index in [2.05, 4.69) is 0 Å². The standard InChI is InChI=1S/C9H13NO3/c1-13-8-4-2-3-6(9(8)12)7(10)5-11/h2-4,7,11-12H,5,10H2,1H3/t7-/m1/s1. The lowest BCUT2D eigenvalue weighted by molar-refractivity contribution is 0.264. The van der Waals surface area contributed by atoms with Gasteiger partial charge < -0.3 is 20.7 Å². The molecule has 1 aromatic rings. The number of aliphatic hydroxyl groups is 1. The largest absolute Gasteiger partial charge is 0.504 e. The summed E-state index contributed by atoms with van der Waals surface area (Å²) in [5, 5.41) is 18.4. The molecule has 0 fully saturated rings. The van der Waals surface area contributed by atoms with E-state index in [4.69, 9.17) is 15.6 Å². The quantitative estimate of drug-likeness (QED) is 0.633. The summed E-state index contributed by atoms with van der Waals surface area (Å²) >= 11 is 0. The fraction of sp³-hybridized carbons (Fsp3) is 0.333. The zero-order chi connectivity index (χ0) is 9.84. The van der Waals surface area contributed by atoms with Gasteiger partial charge in [0.1, 0.15) is 0 Å². The van der Waals surface area contributed by atoms with Crippen molar-refractivity contribution >= 4 is 0 Å². The first-order chi connectivity index (χ1) is 6.20. The molecule has 4 heteroatoms. The average Bonchev–Trinajstić information content (AvgIpc) is 2.17. The van der Waals surface area contributed by atoms with E-state index in [1.165, 1.54) is 7.11 Å². The van der Waals surface area contributed by atoms with Gasteiger partial charge in [-0.2, -0.15) is 0 Å². The molecule has 4 nitrogen and oxygen atoms in total. The molecule has 1 atom stereocenters. The molecule has 1 rings (SSSR count). The Morgan fingerprint density at radius 1 is 1.54 bits per heavy atom.